The van der Waals surface area contributed by atoms with Crippen LogP contribution in [0.3, 0.4) is 0 Å². The fourth-order valence-electron chi connectivity index (χ4n) is 2.85. The molecule has 0 fully saturated rings. The topological polar surface area (TPSA) is 12.9 Å². The summed E-state index contributed by atoms with van der Waals surface area (Å²) in [5.41, 5.74) is 8.26. The molecule has 3 rings (SSSR count). The fraction of sp³-hybridized carbons (Fsp3) is 0.150. The Kier molecular flexibility index (Phi) is 4.26. The molecule has 0 saturated heterocycles. The molecule has 0 saturated carbocycles. The minimum Gasteiger partial charge on any atom is -0.259 e. The van der Waals surface area contributed by atoms with Crippen molar-refractivity contribution in [2.45, 2.75) is 19.7 Å². The van der Waals surface area contributed by atoms with Crippen LogP contribution in [0.15, 0.2) is 60.8 Å². The molecule has 0 unspecified atom stereocenters. The van der Waals surface area contributed by atoms with E-state index in [0.717, 1.165) is 11.3 Å². The molecule has 110 valence electrons. The van der Waals surface area contributed by atoms with E-state index < -0.39 is 0 Å². The summed E-state index contributed by atoms with van der Waals surface area (Å²) in [5, 5.41) is 0. The van der Waals surface area contributed by atoms with Gasteiger partial charge in [-0.25, -0.2) is 0 Å². The van der Waals surface area contributed by atoms with Crippen LogP contribution in [0.4, 0.5) is 0 Å². The molecular formula is C20H18ClN. The summed E-state index contributed by atoms with van der Waals surface area (Å²) in [7, 11) is 0. The van der Waals surface area contributed by atoms with E-state index in [4.69, 9.17) is 11.6 Å². The number of benzene rings is 2. The van der Waals surface area contributed by atoms with Crippen molar-refractivity contribution in [2.24, 2.45) is 0 Å². The SMILES string of the molecule is Cc1cc(-c2ccccc2)c(C)c(-c2cccnc2CCl)c1. The third-order valence-corrected chi connectivity index (χ3v) is 4.20. The zero-order chi connectivity index (χ0) is 15.5. The summed E-state index contributed by atoms with van der Waals surface area (Å²) < 4.78 is 0. The van der Waals surface area contributed by atoms with Gasteiger partial charge in [0.1, 0.15) is 0 Å². The van der Waals surface area contributed by atoms with E-state index in [1.807, 2.05) is 12.1 Å². The second-order valence-electron chi connectivity index (χ2n) is 5.48. The largest absolute Gasteiger partial charge is 0.259 e. The second-order valence-corrected chi connectivity index (χ2v) is 5.75. The summed E-state index contributed by atoms with van der Waals surface area (Å²) in [5.74, 6) is 0.421. The lowest BCUT2D eigenvalue weighted by Crippen LogP contribution is -1.95. The Hall–Kier alpha value is -2.12. The first-order chi connectivity index (χ1) is 10.7. The maximum absolute atomic E-state index is 6.07. The highest BCUT2D eigenvalue weighted by Crippen LogP contribution is 2.34. The van der Waals surface area contributed by atoms with Crippen LogP contribution in [0.5, 0.6) is 0 Å². The zero-order valence-electron chi connectivity index (χ0n) is 12.8. The molecule has 0 amide bonds. The molecule has 22 heavy (non-hydrogen) atoms. The number of pyridine rings is 1. The molecule has 1 aromatic heterocycles. The number of aryl methyl sites for hydroxylation is 1. The molecular weight excluding hydrogens is 290 g/mol. The molecule has 0 aliphatic heterocycles. The molecule has 1 heterocycles. The number of rotatable bonds is 3. The summed E-state index contributed by atoms with van der Waals surface area (Å²) in [6, 6.07) is 19.0. The minimum absolute atomic E-state index is 0.421. The van der Waals surface area contributed by atoms with Gasteiger partial charge in [0.2, 0.25) is 0 Å². The van der Waals surface area contributed by atoms with Gasteiger partial charge in [0.15, 0.2) is 0 Å². The predicted octanol–water partition coefficient (Wildman–Crippen LogP) is 5.77. The smallest absolute Gasteiger partial charge is 0.0653 e. The maximum Gasteiger partial charge on any atom is 0.0653 e. The molecule has 0 N–H and O–H groups in total. The average Bonchev–Trinajstić information content (AvgIpc) is 2.57. The van der Waals surface area contributed by atoms with Crippen molar-refractivity contribution in [3.05, 3.63) is 77.6 Å². The Morgan fingerprint density at radius 1 is 0.864 bits per heavy atom. The van der Waals surface area contributed by atoms with Crippen LogP contribution in [0.25, 0.3) is 22.3 Å². The lowest BCUT2D eigenvalue weighted by molar-refractivity contribution is 1.17. The Morgan fingerprint density at radius 3 is 2.32 bits per heavy atom. The monoisotopic (exact) mass is 307 g/mol. The van der Waals surface area contributed by atoms with Gasteiger partial charge in [-0.05, 0) is 47.7 Å². The number of aromatic nitrogens is 1. The third kappa shape index (κ3) is 2.77. The van der Waals surface area contributed by atoms with Crippen molar-refractivity contribution >= 4 is 11.6 Å². The Labute approximate surface area is 136 Å². The molecule has 0 spiro atoms. The molecule has 0 atom stereocenters. The van der Waals surface area contributed by atoms with Crippen LogP contribution < -0.4 is 0 Å². The highest BCUT2D eigenvalue weighted by Gasteiger charge is 2.12. The van der Waals surface area contributed by atoms with E-state index in [2.05, 4.69) is 61.3 Å². The standard InChI is InChI=1S/C20H18ClN/c1-14-11-18(16-7-4-3-5-8-16)15(2)19(12-14)17-9-6-10-22-20(17)13-21/h3-12H,13H2,1-2H3. The summed E-state index contributed by atoms with van der Waals surface area (Å²) in [4.78, 5) is 4.41. The molecule has 0 aliphatic rings. The van der Waals surface area contributed by atoms with E-state index in [-0.39, 0.29) is 0 Å². The lowest BCUT2D eigenvalue weighted by atomic mass is 9.90. The molecule has 0 aliphatic carbocycles. The number of hydrogen-bond donors (Lipinski definition) is 0. The van der Waals surface area contributed by atoms with Crippen LogP contribution in [0, 0.1) is 13.8 Å². The first-order valence-electron chi connectivity index (χ1n) is 7.37. The van der Waals surface area contributed by atoms with Gasteiger partial charge < -0.3 is 0 Å². The van der Waals surface area contributed by atoms with Crippen molar-refractivity contribution in [1.82, 2.24) is 4.98 Å². The van der Waals surface area contributed by atoms with E-state index in [1.54, 1.807) is 6.20 Å². The predicted molar refractivity (Wildman–Crippen MR) is 94.1 cm³/mol. The van der Waals surface area contributed by atoms with Crippen molar-refractivity contribution in [1.29, 1.82) is 0 Å². The lowest BCUT2D eigenvalue weighted by Gasteiger charge is -2.15. The minimum atomic E-state index is 0.421. The van der Waals surface area contributed by atoms with Gasteiger partial charge in [0.25, 0.3) is 0 Å². The number of alkyl halides is 1. The van der Waals surface area contributed by atoms with Gasteiger partial charge >= 0.3 is 0 Å². The van der Waals surface area contributed by atoms with Crippen LogP contribution >= 0.6 is 11.6 Å². The summed E-state index contributed by atoms with van der Waals surface area (Å²) in [6.45, 7) is 4.30. The summed E-state index contributed by atoms with van der Waals surface area (Å²) >= 11 is 6.07. The first kappa shape index (κ1) is 14.8. The van der Waals surface area contributed by atoms with Crippen LogP contribution in [0.2, 0.25) is 0 Å². The number of halogens is 1. The van der Waals surface area contributed by atoms with E-state index in [0.29, 0.717) is 5.88 Å². The summed E-state index contributed by atoms with van der Waals surface area (Å²) in [6.07, 6.45) is 1.80. The van der Waals surface area contributed by atoms with Gasteiger partial charge in [-0.2, -0.15) is 0 Å². The maximum atomic E-state index is 6.07. The van der Waals surface area contributed by atoms with Crippen molar-refractivity contribution in [3.8, 4) is 22.3 Å². The Balaban J connectivity index is 2.24. The molecule has 0 bridgehead atoms. The molecule has 3 aromatic rings. The fourth-order valence-corrected chi connectivity index (χ4v) is 3.06. The number of hydrogen-bond acceptors (Lipinski definition) is 1. The Bertz CT molecular complexity index is 794. The van der Waals surface area contributed by atoms with Gasteiger partial charge in [-0.3, -0.25) is 4.98 Å². The molecule has 2 aromatic carbocycles. The zero-order valence-corrected chi connectivity index (χ0v) is 13.6. The molecule has 2 heteroatoms. The van der Waals surface area contributed by atoms with Gasteiger partial charge in [0.05, 0.1) is 11.6 Å². The van der Waals surface area contributed by atoms with Crippen molar-refractivity contribution < 1.29 is 0 Å². The average molecular weight is 308 g/mol. The van der Waals surface area contributed by atoms with Crippen molar-refractivity contribution in [2.75, 3.05) is 0 Å². The van der Waals surface area contributed by atoms with E-state index in [9.17, 15) is 0 Å². The molecule has 0 radical (unpaired) electrons. The second kappa shape index (κ2) is 6.33. The first-order valence-corrected chi connectivity index (χ1v) is 7.91. The van der Waals surface area contributed by atoms with Gasteiger partial charge in [0, 0.05) is 11.8 Å². The third-order valence-electron chi connectivity index (χ3n) is 3.94. The quantitative estimate of drug-likeness (QED) is 0.560. The van der Waals surface area contributed by atoms with Crippen LogP contribution in [0.1, 0.15) is 16.8 Å². The number of nitrogens with zero attached hydrogens (tertiary/aromatic N) is 1. The normalized spacial score (nSPS) is 10.7. The highest BCUT2D eigenvalue weighted by molar-refractivity contribution is 6.17. The van der Waals surface area contributed by atoms with Crippen molar-refractivity contribution in [3.63, 3.8) is 0 Å². The Morgan fingerprint density at radius 2 is 1.59 bits per heavy atom. The van der Waals surface area contributed by atoms with Crippen LogP contribution in [-0.4, -0.2) is 4.98 Å². The molecule has 1 nitrogen and oxygen atoms in total. The highest BCUT2D eigenvalue weighted by atomic mass is 35.5. The van der Waals surface area contributed by atoms with E-state index in [1.165, 1.54) is 27.8 Å². The van der Waals surface area contributed by atoms with Gasteiger partial charge in [-0.15, -0.1) is 11.6 Å². The van der Waals surface area contributed by atoms with E-state index >= 15 is 0 Å². The van der Waals surface area contributed by atoms with Crippen LogP contribution in [-0.2, 0) is 5.88 Å². The van der Waals surface area contributed by atoms with Gasteiger partial charge in [-0.1, -0.05) is 48.5 Å².